The predicted octanol–water partition coefficient (Wildman–Crippen LogP) is -0.807. The standard InChI is InChI=1S/C5H13N5O/c6-1-5(2-7,4-11)3-9-10-8/h11H,1-4,6-7H2. The maximum absolute atomic E-state index is 8.86. The van der Waals surface area contributed by atoms with Crippen molar-refractivity contribution in [1.82, 2.24) is 0 Å². The van der Waals surface area contributed by atoms with E-state index in [1.54, 1.807) is 0 Å². The van der Waals surface area contributed by atoms with Gasteiger partial charge in [0.05, 0.1) is 6.61 Å². The van der Waals surface area contributed by atoms with Crippen molar-refractivity contribution in [3.8, 4) is 0 Å². The lowest BCUT2D eigenvalue weighted by Crippen LogP contribution is -2.43. The summed E-state index contributed by atoms with van der Waals surface area (Å²) in [6.07, 6.45) is 0. The van der Waals surface area contributed by atoms with Crippen molar-refractivity contribution in [2.24, 2.45) is 22.0 Å². The molecule has 0 aliphatic carbocycles. The van der Waals surface area contributed by atoms with E-state index in [4.69, 9.17) is 22.1 Å². The van der Waals surface area contributed by atoms with Crippen molar-refractivity contribution < 1.29 is 5.11 Å². The molecule has 0 saturated carbocycles. The fraction of sp³-hybridized carbons (Fsp3) is 1.00. The van der Waals surface area contributed by atoms with Crippen LogP contribution in [0, 0.1) is 5.41 Å². The van der Waals surface area contributed by atoms with Crippen LogP contribution < -0.4 is 11.5 Å². The monoisotopic (exact) mass is 159 g/mol. The van der Waals surface area contributed by atoms with E-state index in [0.717, 1.165) is 0 Å². The highest BCUT2D eigenvalue weighted by molar-refractivity contribution is 4.82. The first-order valence-electron chi connectivity index (χ1n) is 3.26. The molecule has 0 aromatic heterocycles. The van der Waals surface area contributed by atoms with Gasteiger partial charge in [-0.25, -0.2) is 0 Å². The number of aliphatic hydroxyl groups excluding tert-OH is 1. The van der Waals surface area contributed by atoms with Crippen LogP contribution in [0.5, 0.6) is 0 Å². The minimum Gasteiger partial charge on any atom is -0.396 e. The van der Waals surface area contributed by atoms with Crippen molar-refractivity contribution in [3.63, 3.8) is 0 Å². The Morgan fingerprint density at radius 1 is 1.45 bits per heavy atom. The molecule has 0 aromatic rings. The second-order valence-corrected chi connectivity index (χ2v) is 2.46. The van der Waals surface area contributed by atoms with Crippen LogP contribution >= 0.6 is 0 Å². The number of nitrogens with two attached hydrogens (primary N) is 2. The number of nitrogens with zero attached hydrogens (tertiary/aromatic N) is 3. The zero-order chi connectivity index (χ0) is 8.74. The molecule has 0 rings (SSSR count). The molecular weight excluding hydrogens is 146 g/mol. The Morgan fingerprint density at radius 3 is 2.27 bits per heavy atom. The molecule has 0 atom stereocenters. The normalized spacial score (nSPS) is 10.8. The van der Waals surface area contributed by atoms with Crippen molar-refractivity contribution in [2.75, 3.05) is 26.2 Å². The van der Waals surface area contributed by atoms with E-state index < -0.39 is 5.41 Å². The third kappa shape index (κ3) is 2.73. The van der Waals surface area contributed by atoms with Gasteiger partial charge in [-0.15, -0.1) is 0 Å². The predicted molar refractivity (Wildman–Crippen MR) is 41.6 cm³/mol. The van der Waals surface area contributed by atoms with E-state index in [0.29, 0.717) is 0 Å². The van der Waals surface area contributed by atoms with Gasteiger partial charge >= 0.3 is 0 Å². The molecule has 5 N–H and O–H groups in total. The summed E-state index contributed by atoms with van der Waals surface area (Å²) in [5, 5.41) is 12.2. The van der Waals surface area contributed by atoms with Gasteiger partial charge in [0.2, 0.25) is 0 Å². The molecule has 6 heteroatoms. The lowest BCUT2D eigenvalue weighted by atomic mass is 9.90. The summed E-state index contributed by atoms with van der Waals surface area (Å²) in [7, 11) is 0. The fourth-order valence-corrected chi connectivity index (χ4v) is 0.573. The first-order chi connectivity index (χ1) is 5.24. The lowest BCUT2D eigenvalue weighted by molar-refractivity contribution is 0.146. The van der Waals surface area contributed by atoms with Gasteiger partial charge in [0, 0.05) is 30.0 Å². The quantitative estimate of drug-likeness (QED) is 0.276. The minimum atomic E-state index is -0.633. The van der Waals surface area contributed by atoms with E-state index >= 15 is 0 Å². The van der Waals surface area contributed by atoms with Gasteiger partial charge < -0.3 is 16.6 Å². The van der Waals surface area contributed by atoms with Gasteiger partial charge in [-0.3, -0.25) is 0 Å². The summed E-state index contributed by atoms with van der Waals surface area (Å²) in [6.45, 7) is 0.435. The van der Waals surface area contributed by atoms with Crippen LogP contribution in [0.2, 0.25) is 0 Å². The molecule has 11 heavy (non-hydrogen) atoms. The Morgan fingerprint density at radius 2 is 2.00 bits per heavy atom. The summed E-state index contributed by atoms with van der Waals surface area (Å²) < 4.78 is 0. The third-order valence-electron chi connectivity index (χ3n) is 1.67. The molecule has 0 aliphatic rings. The highest BCUT2D eigenvalue weighted by Crippen LogP contribution is 2.12. The first-order valence-corrected chi connectivity index (χ1v) is 3.26. The molecule has 0 unspecified atom stereocenters. The van der Waals surface area contributed by atoms with Crippen LogP contribution in [0.25, 0.3) is 10.4 Å². The van der Waals surface area contributed by atoms with Crippen LogP contribution in [0.4, 0.5) is 0 Å². The summed E-state index contributed by atoms with van der Waals surface area (Å²) in [5.41, 5.74) is 18.1. The number of hydrogen-bond donors (Lipinski definition) is 3. The number of azide groups is 1. The van der Waals surface area contributed by atoms with Crippen LogP contribution in [-0.4, -0.2) is 31.3 Å². The molecular formula is C5H13N5O. The smallest absolute Gasteiger partial charge is 0.0513 e. The summed E-state index contributed by atoms with van der Waals surface area (Å²) in [6, 6.07) is 0. The molecule has 0 radical (unpaired) electrons. The van der Waals surface area contributed by atoms with E-state index in [1.165, 1.54) is 0 Å². The molecule has 0 amide bonds. The molecule has 0 heterocycles. The van der Waals surface area contributed by atoms with Crippen molar-refractivity contribution in [1.29, 1.82) is 0 Å². The molecule has 6 nitrogen and oxygen atoms in total. The Kier molecular flexibility index (Phi) is 4.56. The van der Waals surface area contributed by atoms with E-state index in [-0.39, 0.29) is 26.2 Å². The van der Waals surface area contributed by atoms with E-state index in [1.807, 2.05) is 0 Å². The van der Waals surface area contributed by atoms with Crippen molar-refractivity contribution in [3.05, 3.63) is 10.4 Å². The third-order valence-corrected chi connectivity index (χ3v) is 1.67. The van der Waals surface area contributed by atoms with Gasteiger partial charge in [-0.05, 0) is 5.53 Å². The Bertz CT molecular complexity index is 141. The SMILES string of the molecule is [N-]=[N+]=NCC(CN)(CN)CO. The summed E-state index contributed by atoms with van der Waals surface area (Å²) in [4.78, 5) is 2.57. The Hall–Kier alpha value is -0.810. The lowest BCUT2D eigenvalue weighted by Gasteiger charge is -2.26. The van der Waals surface area contributed by atoms with Crippen molar-refractivity contribution >= 4 is 0 Å². The molecule has 0 spiro atoms. The second kappa shape index (κ2) is 4.92. The number of aliphatic hydroxyl groups is 1. The molecule has 0 aliphatic heterocycles. The molecule has 64 valence electrons. The van der Waals surface area contributed by atoms with E-state index in [2.05, 4.69) is 10.0 Å². The maximum atomic E-state index is 8.86. The Balaban J connectivity index is 4.15. The molecule has 0 fully saturated rings. The number of hydrogen-bond acceptors (Lipinski definition) is 4. The van der Waals surface area contributed by atoms with Gasteiger partial charge in [0.15, 0.2) is 0 Å². The molecule has 0 aromatic carbocycles. The highest BCUT2D eigenvalue weighted by atomic mass is 16.3. The van der Waals surface area contributed by atoms with Crippen LogP contribution in [0.15, 0.2) is 5.11 Å². The highest BCUT2D eigenvalue weighted by Gasteiger charge is 2.24. The summed E-state index contributed by atoms with van der Waals surface area (Å²) in [5.74, 6) is 0. The van der Waals surface area contributed by atoms with Gasteiger partial charge in [-0.1, -0.05) is 5.11 Å². The fourth-order valence-electron chi connectivity index (χ4n) is 0.573. The van der Waals surface area contributed by atoms with Gasteiger partial charge in [0.1, 0.15) is 0 Å². The van der Waals surface area contributed by atoms with Crippen LogP contribution in [-0.2, 0) is 0 Å². The average Bonchev–Trinajstić information content (AvgIpc) is 2.08. The first kappa shape index (κ1) is 10.2. The minimum absolute atomic E-state index is 0.146. The molecule has 0 bridgehead atoms. The topological polar surface area (TPSA) is 121 Å². The number of rotatable bonds is 5. The van der Waals surface area contributed by atoms with Gasteiger partial charge in [-0.2, -0.15) is 0 Å². The van der Waals surface area contributed by atoms with Gasteiger partial charge in [0.25, 0.3) is 0 Å². The maximum Gasteiger partial charge on any atom is 0.0513 e. The summed E-state index contributed by atoms with van der Waals surface area (Å²) >= 11 is 0. The average molecular weight is 159 g/mol. The Labute approximate surface area is 64.8 Å². The largest absolute Gasteiger partial charge is 0.396 e. The second-order valence-electron chi connectivity index (χ2n) is 2.46. The van der Waals surface area contributed by atoms with Crippen LogP contribution in [0.3, 0.4) is 0 Å². The molecule has 0 saturated heterocycles. The van der Waals surface area contributed by atoms with Crippen molar-refractivity contribution in [2.45, 2.75) is 0 Å². The zero-order valence-electron chi connectivity index (χ0n) is 6.27. The van der Waals surface area contributed by atoms with E-state index in [9.17, 15) is 0 Å². The zero-order valence-corrected chi connectivity index (χ0v) is 6.27. The van der Waals surface area contributed by atoms with Crippen LogP contribution in [0.1, 0.15) is 0 Å².